The molecule has 1 heterocycles. The van der Waals surface area contributed by atoms with E-state index in [0.717, 1.165) is 24.2 Å². The van der Waals surface area contributed by atoms with Crippen molar-refractivity contribution in [3.8, 4) is 0 Å². The van der Waals surface area contributed by atoms with Gasteiger partial charge in [0.15, 0.2) is 0 Å². The van der Waals surface area contributed by atoms with E-state index >= 15 is 0 Å². The zero-order chi connectivity index (χ0) is 20.2. The second kappa shape index (κ2) is 6.85. The summed E-state index contributed by atoms with van der Waals surface area (Å²) in [6.45, 7) is 7.24. The van der Waals surface area contributed by atoms with Gasteiger partial charge in [0.2, 0.25) is 5.91 Å². The SMILES string of the molecule is CCC(NC(=O)C(C)n1nc(C)c([N+](=O)[O-])c1C)C12CC3CC(CC(C3)C1)C2. The van der Waals surface area contributed by atoms with Gasteiger partial charge in [-0.3, -0.25) is 19.6 Å². The van der Waals surface area contributed by atoms with Crippen molar-refractivity contribution in [1.29, 1.82) is 0 Å². The van der Waals surface area contributed by atoms with Gasteiger partial charge in [-0.1, -0.05) is 6.92 Å². The third kappa shape index (κ3) is 3.03. The van der Waals surface area contributed by atoms with E-state index in [1.165, 1.54) is 43.2 Å². The zero-order valence-corrected chi connectivity index (χ0v) is 17.4. The predicted molar refractivity (Wildman–Crippen MR) is 106 cm³/mol. The van der Waals surface area contributed by atoms with Crippen LogP contribution in [0.3, 0.4) is 0 Å². The van der Waals surface area contributed by atoms with E-state index in [9.17, 15) is 14.9 Å². The van der Waals surface area contributed by atoms with Gasteiger partial charge in [0, 0.05) is 6.04 Å². The van der Waals surface area contributed by atoms with Crippen LogP contribution in [0.1, 0.15) is 76.2 Å². The van der Waals surface area contributed by atoms with Gasteiger partial charge < -0.3 is 5.32 Å². The topological polar surface area (TPSA) is 90.1 Å². The summed E-state index contributed by atoms with van der Waals surface area (Å²) in [7, 11) is 0. The Morgan fingerprint density at radius 3 is 2.21 bits per heavy atom. The molecular formula is C21H32N4O3. The molecule has 1 aromatic rings. The summed E-state index contributed by atoms with van der Waals surface area (Å²) in [4.78, 5) is 24.0. The number of nitrogens with zero attached hydrogens (tertiary/aromatic N) is 3. The van der Waals surface area contributed by atoms with Gasteiger partial charge in [-0.25, -0.2) is 0 Å². The van der Waals surface area contributed by atoms with Crippen LogP contribution in [0.25, 0.3) is 0 Å². The Morgan fingerprint density at radius 2 is 1.79 bits per heavy atom. The van der Waals surface area contributed by atoms with Gasteiger partial charge in [0.05, 0.1) is 4.92 Å². The smallest absolute Gasteiger partial charge is 0.312 e. The number of rotatable bonds is 6. The van der Waals surface area contributed by atoms with Crippen molar-refractivity contribution in [2.45, 2.75) is 84.7 Å². The summed E-state index contributed by atoms with van der Waals surface area (Å²) < 4.78 is 1.51. The quantitative estimate of drug-likeness (QED) is 0.587. The highest BCUT2D eigenvalue weighted by Gasteiger charge is 2.54. The maximum atomic E-state index is 13.1. The Morgan fingerprint density at radius 1 is 1.25 bits per heavy atom. The van der Waals surface area contributed by atoms with E-state index in [1.54, 1.807) is 20.8 Å². The average Bonchev–Trinajstić information content (AvgIpc) is 2.91. The van der Waals surface area contributed by atoms with E-state index in [-0.39, 0.29) is 23.1 Å². The number of carbonyl (C=O) groups excluding carboxylic acids is 1. The van der Waals surface area contributed by atoms with E-state index in [4.69, 9.17) is 0 Å². The lowest BCUT2D eigenvalue weighted by molar-refractivity contribution is -0.386. The number of nitro groups is 1. The number of carbonyl (C=O) groups is 1. The number of hydrogen-bond acceptors (Lipinski definition) is 4. The largest absolute Gasteiger partial charge is 0.351 e. The molecule has 0 aromatic carbocycles. The molecule has 2 unspecified atom stereocenters. The monoisotopic (exact) mass is 388 g/mol. The standard InChI is InChI=1S/C21H32N4O3/c1-5-18(21-9-15-6-16(10-21)8-17(7-15)11-21)22-20(26)14(4)24-13(3)19(25(27)28)12(2)23-24/h14-18H,5-11H2,1-4H3,(H,22,26). The van der Waals surface area contributed by atoms with Crippen molar-refractivity contribution >= 4 is 11.6 Å². The average molecular weight is 389 g/mol. The first-order chi connectivity index (χ1) is 13.2. The van der Waals surface area contributed by atoms with Gasteiger partial charge in [0.1, 0.15) is 17.4 Å². The van der Waals surface area contributed by atoms with Gasteiger partial charge in [0.25, 0.3) is 0 Å². The van der Waals surface area contributed by atoms with Crippen molar-refractivity contribution in [2.24, 2.45) is 23.2 Å². The zero-order valence-electron chi connectivity index (χ0n) is 17.4. The van der Waals surface area contributed by atoms with Crippen LogP contribution in [0.2, 0.25) is 0 Å². The van der Waals surface area contributed by atoms with Crippen molar-refractivity contribution in [3.63, 3.8) is 0 Å². The van der Waals surface area contributed by atoms with E-state index in [0.29, 0.717) is 11.4 Å². The molecule has 28 heavy (non-hydrogen) atoms. The number of nitrogens with one attached hydrogen (secondary N) is 1. The molecule has 0 spiro atoms. The van der Waals surface area contributed by atoms with Gasteiger partial charge in [-0.2, -0.15) is 5.10 Å². The minimum Gasteiger partial charge on any atom is -0.351 e. The molecule has 0 aliphatic heterocycles. The minimum atomic E-state index is -0.560. The van der Waals surface area contributed by atoms with Crippen LogP contribution >= 0.6 is 0 Å². The molecule has 4 fully saturated rings. The fraction of sp³-hybridized carbons (Fsp3) is 0.810. The number of aryl methyl sites for hydroxylation is 1. The van der Waals surface area contributed by atoms with Crippen LogP contribution in [-0.4, -0.2) is 26.7 Å². The molecule has 4 aliphatic carbocycles. The van der Waals surface area contributed by atoms with E-state index in [1.807, 2.05) is 0 Å². The Bertz CT molecular complexity index is 765. The van der Waals surface area contributed by atoms with Crippen LogP contribution in [0.15, 0.2) is 0 Å². The molecule has 5 rings (SSSR count). The van der Waals surface area contributed by atoms with Crippen molar-refractivity contribution in [2.75, 3.05) is 0 Å². The molecule has 0 saturated heterocycles. The minimum absolute atomic E-state index is 0.00720. The molecule has 4 aliphatic rings. The molecule has 1 amide bonds. The highest BCUT2D eigenvalue weighted by molar-refractivity contribution is 5.80. The lowest BCUT2D eigenvalue weighted by Gasteiger charge is -2.59. The molecule has 7 nitrogen and oxygen atoms in total. The summed E-state index contributed by atoms with van der Waals surface area (Å²) in [5, 5.41) is 18.9. The lowest BCUT2D eigenvalue weighted by atomic mass is 9.47. The maximum Gasteiger partial charge on any atom is 0.312 e. The van der Waals surface area contributed by atoms with Gasteiger partial charge in [-0.05, 0) is 88.9 Å². The van der Waals surface area contributed by atoms with Crippen LogP contribution in [0.4, 0.5) is 5.69 Å². The summed E-state index contributed by atoms with van der Waals surface area (Å²) >= 11 is 0. The first-order valence-corrected chi connectivity index (χ1v) is 10.7. The maximum absolute atomic E-state index is 13.1. The van der Waals surface area contributed by atoms with E-state index in [2.05, 4.69) is 17.3 Å². The predicted octanol–water partition coefficient (Wildman–Crippen LogP) is 4.08. The van der Waals surface area contributed by atoms with Gasteiger partial charge in [-0.15, -0.1) is 0 Å². The summed E-state index contributed by atoms with van der Waals surface area (Å²) in [6, 6.07) is -0.377. The Kier molecular flexibility index (Phi) is 4.74. The summed E-state index contributed by atoms with van der Waals surface area (Å²) in [6.07, 6.45) is 8.83. The van der Waals surface area contributed by atoms with Gasteiger partial charge >= 0.3 is 5.69 Å². The third-order valence-electron chi connectivity index (χ3n) is 7.77. The Balaban J connectivity index is 1.52. The number of aromatic nitrogens is 2. The molecule has 154 valence electrons. The van der Waals surface area contributed by atoms with Crippen LogP contribution in [0, 0.1) is 47.1 Å². The van der Waals surface area contributed by atoms with Crippen LogP contribution < -0.4 is 5.32 Å². The first-order valence-electron chi connectivity index (χ1n) is 10.7. The second-order valence-electron chi connectivity index (χ2n) is 9.65. The molecule has 2 atom stereocenters. The molecule has 0 radical (unpaired) electrons. The van der Waals surface area contributed by atoms with Crippen molar-refractivity contribution < 1.29 is 9.72 Å². The van der Waals surface area contributed by atoms with Crippen LogP contribution in [0.5, 0.6) is 0 Å². The third-order valence-corrected chi connectivity index (χ3v) is 7.77. The van der Waals surface area contributed by atoms with E-state index < -0.39 is 11.0 Å². The Hall–Kier alpha value is -1.92. The molecule has 1 aromatic heterocycles. The summed E-state index contributed by atoms with van der Waals surface area (Å²) in [5.74, 6) is 2.44. The lowest BCUT2D eigenvalue weighted by Crippen LogP contribution is -2.57. The highest BCUT2D eigenvalue weighted by Crippen LogP contribution is 2.61. The first kappa shape index (κ1) is 19.4. The highest BCUT2D eigenvalue weighted by atomic mass is 16.6. The second-order valence-corrected chi connectivity index (χ2v) is 9.65. The fourth-order valence-electron chi connectivity index (χ4n) is 6.99. The van der Waals surface area contributed by atoms with Crippen LogP contribution in [-0.2, 0) is 4.79 Å². The molecule has 4 bridgehead atoms. The molecular weight excluding hydrogens is 356 g/mol. The summed E-state index contributed by atoms with van der Waals surface area (Å²) in [5.41, 5.74) is 1.05. The molecule has 7 heteroatoms. The normalized spacial score (nSPS) is 32.9. The Labute approximate surface area is 166 Å². The molecule has 4 saturated carbocycles. The number of amides is 1. The molecule has 1 N–H and O–H groups in total. The van der Waals surface area contributed by atoms with Crippen molar-refractivity contribution in [1.82, 2.24) is 15.1 Å². The van der Waals surface area contributed by atoms with Crippen molar-refractivity contribution in [3.05, 3.63) is 21.5 Å². The number of hydrogen-bond donors (Lipinski definition) is 1. The fourth-order valence-corrected chi connectivity index (χ4v) is 6.99.